The van der Waals surface area contributed by atoms with E-state index in [1.54, 1.807) is 6.07 Å². The highest BCUT2D eigenvalue weighted by Crippen LogP contribution is 2.31. The van der Waals surface area contributed by atoms with E-state index < -0.39 is 11.7 Å². The Morgan fingerprint density at radius 3 is 2.78 bits per heavy atom. The minimum atomic E-state index is -4.28. The number of rotatable bonds is 2. The Morgan fingerprint density at radius 2 is 2.00 bits per heavy atom. The van der Waals surface area contributed by atoms with Gasteiger partial charge in [0.2, 0.25) is 0 Å². The monoisotopic (exact) mass is 258 g/mol. The topological polar surface area (TPSA) is 24.1 Å². The van der Waals surface area contributed by atoms with Crippen LogP contribution in [-0.2, 0) is 6.18 Å². The Hall–Kier alpha value is -1.23. The quantitative estimate of drug-likeness (QED) is 0.850. The Bertz CT molecular complexity index is 382. The van der Waals surface area contributed by atoms with Gasteiger partial charge in [0.1, 0.15) is 0 Å². The maximum atomic E-state index is 12.6. The lowest BCUT2D eigenvalue weighted by atomic mass is 10.1. The molecule has 2 nitrogen and oxygen atoms in total. The number of hydrogen-bond acceptors (Lipinski definition) is 2. The maximum Gasteiger partial charge on any atom is 0.416 e. The number of hydrogen-bond donors (Lipinski definition) is 2. The van der Waals surface area contributed by atoms with Crippen LogP contribution in [0.4, 0.5) is 18.9 Å². The first-order valence-electron chi connectivity index (χ1n) is 6.20. The first kappa shape index (κ1) is 13.2. The van der Waals surface area contributed by atoms with E-state index in [0.29, 0.717) is 5.69 Å². The molecule has 2 N–H and O–H groups in total. The van der Waals surface area contributed by atoms with Crippen molar-refractivity contribution in [2.45, 2.75) is 31.5 Å². The second-order valence-corrected chi connectivity index (χ2v) is 4.60. The van der Waals surface area contributed by atoms with Gasteiger partial charge in [0.25, 0.3) is 0 Å². The first-order chi connectivity index (χ1) is 8.55. The van der Waals surface area contributed by atoms with Gasteiger partial charge >= 0.3 is 6.18 Å². The summed E-state index contributed by atoms with van der Waals surface area (Å²) in [6, 6.07) is 5.66. The zero-order valence-electron chi connectivity index (χ0n) is 10.1. The van der Waals surface area contributed by atoms with E-state index in [0.717, 1.165) is 38.4 Å². The average molecular weight is 258 g/mol. The lowest BCUT2D eigenvalue weighted by molar-refractivity contribution is -0.137. The van der Waals surface area contributed by atoms with Crippen LogP contribution in [0, 0.1) is 0 Å². The molecule has 18 heavy (non-hydrogen) atoms. The second kappa shape index (κ2) is 5.61. The van der Waals surface area contributed by atoms with E-state index in [2.05, 4.69) is 10.6 Å². The number of alkyl halides is 3. The van der Waals surface area contributed by atoms with Crippen LogP contribution in [-0.4, -0.2) is 19.1 Å². The number of nitrogens with one attached hydrogen (secondary N) is 2. The molecule has 5 heteroatoms. The van der Waals surface area contributed by atoms with E-state index in [1.807, 2.05) is 0 Å². The van der Waals surface area contributed by atoms with Gasteiger partial charge in [-0.3, -0.25) is 0 Å². The number of anilines is 1. The van der Waals surface area contributed by atoms with Gasteiger partial charge in [-0.25, -0.2) is 0 Å². The van der Waals surface area contributed by atoms with Crippen LogP contribution in [0.5, 0.6) is 0 Å². The van der Waals surface area contributed by atoms with E-state index in [-0.39, 0.29) is 6.04 Å². The molecule has 100 valence electrons. The number of benzene rings is 1. The molecular weight excluding hydrogens is 241 g/mol. The summed E-state index contributed by atoms with van der Waals surface area (Å²) >= 11 is 0. The Labute approximate surface area is 105 Å². The molecule has 0 spiro atoms. The number of halogens is 3. The molecule has 1 aromatic rings. The van der Waals surface area contributed by atoms with Gasteiger partial charge in [-0.1, -0.05) is 6.07 Å². The largest absolute Gasteiger partial charge is 0.416 e. The van der Waals surface area contributed by atoms with Gasteiger partial charge in [0, 0.05) is 11.7 Å². The van der Waals surface area contributed by atoms with Crippen LogP contribution in [0.2, 0.25) is 0 Å². The fourth-order valence-electron chi connectivity index (χ4n) is 2.18. The standard InChI is InChI=1S/C13H17F3N2/c14-13(15,16)10-3-1-4-12(9-10)18-11-5-2-7-17-8-6-11/h1,3-4,9,11,17-18H,2,5-8H2. The highest BCUT2D eigenvalue weighted by atomic mass is 19.4. The average Bonchev–Trinajstić information content (AvgIpc) is 2.57. The zero-order chi connectivity index (χ0) is 13.0. The summed E-state index contributed by atoms with van der Waals surface area (Å²) in [5.74, 6) is 0. The Morgan fingerprint density at radius 1 is 1.17 bits per heavy atom. The molecule has 1 unspecified atom stereocenters. The SMILES string of the molecule is FC(F)(F)c1cccc(NC2CCCNCC2)c1. The van der Waals surface area contributed by atoms with Crippen LogP contribution < -0.4 is 10.6 Å². The van der Waals surface area contributed by atoms with Crippen LogP contribution in [0.15, 0.2) is 24.3 Å². The minimum Gasteiger partial charge on any atom is -0.382 e. The molecule has 2 rings (SSSR count). The molecule has 0 aromatic heterocycles. The predicted octanol–water partition coefficient (Wildman–Crippen LogP) is 3.26. The van der Waals surface area contributed by atoms with Crippen molar-refractivity contribution in [3.05, 3.63) is 29.8 Å². The van der Waals surface area contributed by atoms with Crippen molar-refractivity contribution in [2.75, 3.05) is 18.4 Å². The molecule has 1 fully saturated rings. The molecule has 0 saturated carbocycles. The molecule has 1 aliphatic heterocycles. The molecular formula is C13H17F3N2. The van der Waals surface area contributed by atoms with Crippen molar-refractivity contribution in [3.63, 3.8) is 0 Å². The van der Waals surface area contributed by atoms with Crippen molar-refractivity contribution in [3.8, 4) is 0 Å². The van der Waals surface area contributed by atoms with Gasteiger partial charge in [0.15, 0.2) is 0 Å². The summed E-state index contributed by atoms with van der Waals surface area (Å²) in [5.41, 5.74) is -0.0454. The molecule has 1 aliphatic rings. The summed E-state index contributed by atoms with van der Waals surface area (Å²) in [6.07, 6.45) is -1.29. The molecule has 1 heterocycles. The summed E-state index contributed by atoms with van der Waals surface area (Å²) in [6.45, 7) is 1.90. The summed E-state index contributed by atoms with van der Waals surface area (Å²) < 4.78 is 37.7. The molecule has 1 atom stereocenters. The van der Waals surface area contributed by atoms with Crippen LogP contribution in [0.25, 0.3) is 0 Å². The lowest BCUT2D eigenvalue weighted by Crippen LogP contribution is -2.21. The van der Waals surface area contributed by atoms with Gasteiger partial charge in [-0.05, 0) is 50.6 Å². The molecule has 1 aromatic carbocycles. The van der Waals surface area contributed by atoms with E-state index in [9.17, 15) is 13.2 Å². The van der Waals surface area contributed by atoms with Gasteiger partial charge in [0.05, 0.1) is 5.56 Å². The summed E-state index contributed by atoms with van der Waals surface area (Å²) in [5, 5.41) is 6.47. The first-order valence-corrected chi connectivity index (χ1v) is 6.20. The third kappa shape index (κ3) is 3.63. The Balaban J connectivity index is 2.04. The molecule has 0 bridgehead atoms. The van der Waals surface area contributed by atoms with Crippen molar-refractivity contribution >= 4 is 5.69 Å². The van der Waals surface area contributed by atoms with Crippen LogP contribution in [0.3, 0.4) is 0 Å². The van der Waals surface area contributed by atoms with Gasteiger partial charge < -0.3 is 10.6 Å². The highest BCUT2D eigenvalue weighted by Gasteiger charge is 2.30. The predicted molar refractivity (Wildman–Crippen MR) is 65.6 cm³/mol. The van der Waals surface area contributed by atoms with E-state index in [1.165, 1.54) is 12.1 Å². The van der Waals surface area contributed by atoms with Crippen molar-refractivity contribution in [1.82, 2.24) is 5.32 Å². The second-order valence-electron chi connectivity index (χ2n) is 4.60. The summed E-state index contributed by atoms with van der Waals surface area (Å²) in [7, 11) is 0. The van der Waals surface area contributed by atoms with E-state index >= 15 is 0 Å². The van der Waals surface area contributed by atoms with Crippen LogP contribution in [0.1, 0.15) is 24.8 Å². The van der Waals surface area contributed by atoms with Gasteiger partial charge in [-0.2, -0.15) is 13.2 Å². The third-order valence-electron chi connectivity index (χ3n) is 3.14. The lowest BCUT2D eigenvalue weighted by Gasteiger charge is -2.18. The minimum absolute atomic E-state index is 0.253. The Kier molecular flexibility index (Phi) is 4.11. The van der Waals surface area contributed by atoms with Crippen molar-refractivity contribution in [2.24, 2.45) is 0 Å². The molecule has 0 aliphatic carbocycles. The fraction of sp³-hybridized carbons (Fsp3) is 0.538. The van der Waals surface area contributed by atoms with Crippen molar-refractivity contribution < 1.29 is 13.2 Å². The van der Waals surface area contributed by atoms with Crippen molar-refractivity contribution in [1.29, 1.82) is 0 Å². The smallest absolute Gasteiger partial charge is 0.382 e. The fourth-order valence-corrected chi connectivity index (χ4v) is 2.18. The molecule has 0 radical (unpaired) electrons. The van der Waals surface area contributed by atoms with Gasteiger partial charge in [-0.15, -0.1) is 0 Å². The zero-order valence-corrected chi connectivity index (χ0v) is 10.1. The highest BCUT2D eigenvalue weighted by molar-refractivity contribution is 5.47. The maximum absolute atomic E-state index is 12.6. The van der Waals surface area contributed by atoms with E-state index in [4.69, 9.17) is 0 Å². The molecule has 0 amide bonds. The normalized spacial score (nSPS) is 21.4. The molecule has 1 saturated heterocycles. The van der Waals surface area contributed by atoms with Crippen LogP contribution >= 0.6 is 0 Å². The summed E-state index contributed by atoms with van der Waals surface area (Å²) in [4.78, 5) is 0. The third-order valence-corrected chi connectivity index (χ3v) is 3.14.